The smallest absolute Gasteiger partial charge is 0.357 e. The van der Waals surface area contributed by atoms with Crippen molar-refractivity contribution >= 4 is 5.97 Å². The highest BCUT2D eigenvalue weighted by Crippen LogP contribution is 2.22. The number of aromatic nitrogens is 2. The average molecular weight is 410 g/mol. The van der Waals surface area contributed by atoms with Crippen molar-refractivity contribution in [3.63, 3.8) is 0 Å². The first-order valence-corrected chi connectivity index (χ1v) is 10.2. The van der Waals surface area contributed by atoms with E-state index in [1.807, 2.05) is 18.2 Å². The van der Waals surface area contributed by atoms with E-state index in [2.05, 4.69) is 23.0 Å². The molecule has 0 unspecified atom stereocenters. The molecule has 3 rings (SSSR count). The molecule has 0 aliphatic heterocycles. The van der Waals surface area contributed by atoms with Gasteiger partial charge in [0.1, 0.15) is 12.0 Å². The molecule has 0 radical (unpaired) electrons. The quantitative estimate of drug-likeness (QED) is 0.419. The van der Waals surface area contributed by atoms with Gasteiger partial charge in [-0.15, -0.1) is 0 Å². The molecule has 2 heterocycles. The third kappa shape index (κ3) is 6.07. The van der Waals surface area contributed by atoms with E-state index in [1.54, 1.807) is 18.3 Å². The molecule has 1 N–H and O–H groups in total. The van der Waals surface area contributed by atoms with Gasteiger partial charge in [-0.1, -0.05) is 31.5 Å². The second kappa shape index (κ2) is 11.0. The van der Waals surface area contributed by atoms with Gasteiger partial charge in [-0.2, -0.15) is 0 Å². The first-order chi connectivity index (χ1) is 14.7. The van der Waals surface area contributed by atoms with Crippen LogP contribution in [0.3, 0.4) is 0 Å². The normalized spacial score (nSPS) is 10.7. The highest BCUT2D eigenvalue weighted by molar-refractivity contribution is 5.85. The summed E-state index contributed by atoms with van der Waals surface area (Å²) in [6.07, 6.45) is 7.64. The minimum Gasteiger partial charge on any atom is -0.493 e. The number of pyridine rings is 1. The summed E-state index contributed by atoms with van der Waals surface area (Å²) in [5, 5.41) is 8.94. The van der Waals surface area contributed by atoms with Crippen molar-refractivity contribution in [1.82, 2.24) is 9.97 Å². The number of rotatable bonds is 12. The average Bonchev–Trinajstić information content (AvgIpc) is 3.25. The van der Waals surface area contributed by atoms with Crippen molar-refractivity contribution in [3.8, 4) is 23.1 Å². The van der Waals surface area contributed by atoms with Gasteiger partial charge >= 0.3 is 5.97 Å². The molecule has 0 spiro atoms. The lowest BCUT2D eigenvalue weighted by Crippen LogP contribution is -2.03. The number of benzene rings is 1. The monoisotopic (exact) mass is 410 g/mol. The SMILES string of the molecule is CCCc1ccccc1OCCCCCOc1cc(-c2nc(C(=O)O)co2)ccn1. The Hall–Kier alpha value is -3.35. The van der Waals surface area contributed by atoms with E-state index in [0.717, 1.165) is 44.1 Å². The fraction of sp³-hybridized carbons (Fsp3) is 0.348. The number of oxazole rings is 1. The summed E-state index contributed by atoms with van der Waals surface area (Å²) < 4.78 is 16.8. The number of carbonyl (C=O) groups is 1. The highest BCUT2D eigenvalue weighted by Gasteiger charge is 2.12. The summed E-state index contributed by atoms with van der Waals surface area (Å²) in [5.74, 6) is 0.523. The van der Waals surface area contributed by atoms with Gasteiger partial charge in [-0.05, 0) is 43.4 Å². The Morgan fingerprint density at radius 3 is 2.67 bits per heavy atom. The lowest BCUT2D eigenvalue weighted by atomic mass is 10.1. The van der Waals surface area contributed by atoms with Crippen LogP contribution in [0.2, 0.25) is 0 Å². The van der Waals surface area contributed by atoms with E-state index in [4.69, 9.17) is 19.0 Å². The number of unbranched alkanes of at least 4 members (excludes halogenated alkanes) is 2. The van der Waals surface area contributed by atoms with Crippen LogP contribution < -0.4 is 9.47 Å². The standard InChI is InChI=1S/C23H26N2O5/c1-2-8-17-9-4-5-10-20(17)28-13-6-3-7-14-29-21-15-18(11-12-24-21)22-25-19(16-30-22)23(26)27/h4-5,9-12,15-16H,2-3,6-8,13-14H2,1H3,(H,26,27). The van der Waals surface area contributed by atoms with Crippen molar-refractivity contribution in [2.45, 2.75) is 39.0 Å². The van der Waals surface area contributed by atoms with Crippen LogP contribution in [0, 0.1) is 0 Å². The van der Waals surface area contributed by atoms with E-state index in [1.165, 1.54) is 5.56 Å². The van der Waals surface area contributed by atoms with E-state index in [0.29, 0.717) is 24.7 Å². The zero-order valence-electron chi connectivity index (χ0n) is 17.0. The summed E-state index contributed by atoms with van der Waals surface area (Å²) in [6, 6.07) is 11.6. The highest BCUT2D eigenvalue weighted by atomic mass is 16.5. The zero-order chi connectivity index (χ0) is 21.2. The third-order valence-corrected chi connectivity index (χ3v) is 4.49. The molecule has 0 atom stereocenters. The lowest BCUT2D eigenvalue weighted by molar-refractivity contribution is 0.0690. The number of hydrogen-bond acceptors (Lipinski definition) is 6. The van der Waals surface area contributed by atoms with Gasteiger partial charge in [0.25, 0.3) is 0 Å². The van der Waals surface area contributed by atoms with Gasteiger partial charge in [0.2, 0.25) is 11.8 Å². The van der Waals surface area contributed by atoms with Crippen LogP contribution in [0.5, 0.6) is 11.6 Å². The van der Waals surface area contributed by atoms with Crippen LogP contribution in [-0.4, -0.2) is 34.3 Å². The molecule has 2 aromatic heterocycles. The summed E-state index contributed by atoms with van der Waals surface area (Å²) in [4.78, 5) is 19.0. The van der Waals surface area contributed by atoms with Gasteiger partial charge in [-0.25, -0.2) is 14.8 Å². The first kappa shape index (κ1) is 21.4. The van der Waals surface area contributed by atoms with E-state index in [-0.39, 0.29) is 11.6 Å². The van der Waals surface area contributed by atoms with E-state index < -0.39 is 5.97 Å². The predicted molar refractivity (Wildman–Crippen MR) is 112 cm³/mol. The molecule has 0 fully saturated rings. The fourth-order valence-electron chi connectivity index (χ4n) is 2.99. The number of carboxylic acids is 1. The summed E-state index contributed by atoms with van der Waals surface area (Å²) in [5.41, 5.74) is 1.74. The molecule has 0 bridgehead atoms. The molecule has 7 nitrogen and oxygen atoms in total. The molecule has 0 amide bonds. The van der Waals surface area contributed by atoms with Crippen molar-refractivity contribution in [3.05, 3.63) is 60.1 Å². The Balaban J connectivity index is 1.38. The van der Waals surface area contributed by atoms with Crippen molar-refractivity contribution < 1.29 is 23.8 Å². The third-order valence-electron chi connectivity index (χ3n) is 4.49. The van der Waals surface area contributed by atoms with Gasteiger partial charge < -0.3 is 19.0 Å². The molecule has 0 aliphatic carbocycles. The Labute approximate surface area is 175 Å². The second-order valence-electron chi connectivity index (χ2n) is 6.84. The Kier molecular flexibility index (Phi) is 7.83. The number of hydrogen-bond donors (Lipinski definition) is 1. The first-order valence-electron chi connectivity index (χ1n) is 10.2. The number of aryl methyl sites for hydroxylation is 1. The maximum Gasteiger partial charge on any atom is 0.357 e. The number of nitrogens with zero attached hydrogens (tertiary/aromatic N) is 2. The molecule has 158 valence electrons. The van der Waals surface area contributed by atoms with Crippen LogP contribution in [0.25, 0.3) is 11.5 Å². The molecule has 0 aliphatic rings. The maximum absolute atomic E-state index is 10.9. The Bertz CT molecular complexity index is 954. The minimum absolute atomic E-state index is 0.135. The number of aromatic carboxylic acids is 1. The van der Waals surface area contributed by atoms with Gasteiger partial charge in [0.15, 0.2) is 5.69 Å². The van der Waals surface area contributed by atoms with E-state index in [9.17, 15) is 4.79 Å². The molecule has 1 aromatic carbocycles. The van der Waals surface area contributed by atoms with E-state index >= 15 is 0 Å². The number of ether oxygens (including phenoxy) is 2. The summed E-state index contributed by atoms with van der Waals surface area (Å²) in [6.45, 7) is 3.39. The van der Waals surface area contributed by atoms with Crippen molar-refractivity contribution in [2.24, 2.45) is 0 Å². The van der Waals surface area contributed by atoms with Gasteiger partial charge in [0, 0.05) is 17.8 Å². The van der Waals surface area contributed by atoms with Crippen LogP contribution in [0.1, 0.15) is 48.7 Å². The van der Waals surface area contributed by atoms with Crippen molar-refractivity contribution in [2.75, 3.05) is 13.2 Å². The van der Waals surface area contributed by atoms with Crippen LogP contribution in [0.4, 0.5) is 0 Å². The van der Waals surface area contributed by atoms with Crippen LogP contribution in [0.15, 0.2) is 53.3 Å². The summed E-state index contributed by atoms with van der Waals surface area (Å²) >= 11 is 0. The fourth-order valence-corrected chi connectivity index (χ4v) is 2.99. The number of para-hydroxylation sites is 1. The van der Waals surface area contributed by atoms with Crippen molar-refractivity contribution in [1.29, 1.82) is 0 Å². The lowest BCUT2D eigenvalue weighted by Gasteiger charge is -2.11. The Morgan fingerprint density at radius 1 is 1.10 bits per heavy atom. The molecular weight excluding hydrogens is 384 g/mol. The maximum atomic E-state index is 10.9. The predicted octanol–water partition coefficient (Wildman–Crippen LogP) is 5.02. The largest absolute Gasteiger partial charge is 0.493 e. The Morgan fingerprint density at radius 2 is 1.90 bits per heavy atom. The molecule has 30 heavy (non-hydrogen) atoms. The van der Waals surface area contributed by atoms with Crippen LogP contribution >= 0.6 is 0 Å². The van der Waals surface area contributed by atoms with Gasteiger partial charge in [0.05, 0.1) is 13.2 Å². The summed E-state index contributed by atoms with van der Waals surface area (Å²) in [7, 11) is 0. The molecule has 7 heteroatoms. The van der Waals surface area contributed by atoms with Crippen LogP contribution in [-0.2, 0) is 6.42 Å². The zero-order valence-corrected chi connectivity index (χ0v) is 17.0. The molecular formula is C23H26N2O5. The molecule has 0 saturated carbocycles. The second-order valence-corrected chi connectivity index (χ2v) is 6.84. The molecule has 3 aromatic rings. The minimum atomic E-state index is -1.13. The van der Waals surface area contributed by atoms with Gasteiger partial charge in [-0.3, -0.25) is 0 Å². The molecule has 0 saturated heterocycles. The topological polar surface area (TPSA) is 94.7 Å². The number of carboxylic acid groups (broad SMARTS) is 1.